The molecule has 1 aliphatic rings. The largest absolute Gasteiger partial charge is 0.359 e. The van der Waals surface area contributed by atoms with Gasteiger partial charge < -0.3 is 15.2 Å². The topological polar surface area (TPSA) is 110 Å². The van der Waals surface area contributed by atoms with Crippen molar-refractivity contribution in [2.75, 3.05) is 7.05 Å². The van der Waals surface area contributed by atoms with Crippen LogP contribution in [-0.2, 0) is 4.79 Å². The monoisotopic (exact) mass is 391 g/mol. The molecular weight excluding hydrogens is 370 g/mol. The lowest BCUT2D eigenvalue weighted by Crippen LogP contribution is -2.37. The van der Waals surface area contributed by atoms with Crippen molar-refractivity contribution in [2.45, 2.75) is 24.8 Å². The Kier molecular flexibility index (Phi) is 5.33. The van der Waals surface area contributed by atoms with Gasteiger partial charge in [-0.1, -0.05) is 35.5 Å². The van der Waals surface area contributed by atoms with Gasteiger partial charge in [-0.15, -0.1) is 0 Å². The van der Waals surface area contributed by atoms with Gasteiger partial charge in [0.25, 0.3) is 5.91 Å². The third-order valence-corrected chi connectivity index (χ3v) is 5.23. The first-order chi connectivity index (χ1) is 14.2. The highest BCUT2D eigenvalue weighted by Gasteiger charge is 2.42. The molecule has 2 aromatic heterocycles. The molecule has 1 fully saturated rings. The Morgan fingerprint density at radius 2 is 1.83 bits per heavy atom. The normalized spacial score (nSPS) is 20.9. The van der Waals surface area contributed by atoms with Gasteiger partial charge in [-0.3, -0.25) is 14.6 Å². The van der Waals surface area contributed by atoms with E-state index >= 15 is 0 Å². The fourth-order valence-electron chi connectivity index (χ4n) is 3.73. The van der Waals surface area contributed by atoms with Crippen molar-refractivity contribution < 1.29 is 14.1 Å². The number of rotatable bonds is 5. The zero-order chi connectivity index (χ0) is 20.2. The van der Waals surface area contributed by atoms with Gasteiger partial charge >= 0.3 is 0 Å². The molecule has 0 unspecified atom stereocenters. The maximum absolute atomic E-state index is 12.6. The Morgan fingerprint density at radius 1 is 1.07 bits per heavy atom. The highest BCUT2D eigenvalue weighted by molar-refractivity contribution is 5.94. The molecule has 2 amide bonds. The molecule has 148 valence electrons. The van der Waals surface area contributed by atoms with E-state index in [4.69, 9.17) is 4.52 Å². The van der Waals surface area contributed by atoms with Crippen LogP contribution in [0.25, 0.3) is 11.4 Å². The number of hydrogen-bond donors (Lipinski definition) is 2. The predicted molar refractivity (Wildman–Crippen MR) is 105 cm³/mol. The van der Waals surface area contributed by atoms with Gasteiger partial charge in [0.1, 0.15) is 0 Å². The third kappa shape index (κ3) is 4.01. The van der Waals surface area contributed by atoms with Gasteiger partial charge in [0.2, 0.25) is 17.6 Å². The highest BCUT2D eigenvalue weighted by Crippen LogP contribution is 2.38. The summed E-state index contributed by atoms with van der Waals surface area (Å²) < 4.78 is 5.53. The number of pyridine rings is 1. The summed E-state index contributed by atoms with van der Waals surface area (Å²) in [5.74, 6) is 0.160. The first kappa shape index (κ1) is 18.8. The molecule has 2 N–H and O–H groups in total. The molecule has 0 spiro atoms. The zero-order valence-electron chi connectivity index (χ0n) is 15.9. The maximum atomic E-state index is 12.6. The number of nitrogens with one attached hydrogen (secondary N) is 2. The van der Waals surface area contributed by atoms with E-state index in [0.29, 0.717) is 30.1 Å². The van der Waals surface area contributed by atoms with E-state index in [1.54, 1.807) is 31.6 Å². The van der Waals surface area contributed by atoms with Gasteiger partial charge in [0.05, 0.1) is 5.92 Å². The van der Waals surface area contributed by atoms with E-state index < -0.39 is 0 Å². The van der Waals surface area contributed by atoms with Crippen LogP contribution in [0.1, 0.15) is 35.0 Å². The van der Waals surface area contributed by atoms with Gasteiger partial charge in [-0.2, -0.15) is 4.98 Å². The molecule has 8 nitrogen and oxygen atoms in total. The predicted octanol–water partition coefficient (Wildman–Crippen LogP) is 2.17. The molecule has 1 aromatic carbocycles. The van der Waals surface area contributed by atoms with Crippen LogP contribution < -0.4 is 10.6 Å². The average molecular weight is 391 g/mol. The molecule has 0 aliphatic heterocycles. The number of benzene rings is 1. The Morgan fingerprint density at radius 3 is 2.55 bits per heavy atom. The highest BCUT2D eigenvalue weighted by atomic mass is 16.5. The van der Waals surface area contributed by atoms with Crippen molar-refractivity contribution in [3.8, 4) is 11.4 Å². The first-order valence-electron chi connectivity index (χ1n) is 9.47. The van der Waals surface area contributed by atoms with Crippen LogP contribution in [-0.4, -0.2) is 40.0 Å². The fourth-order valence-corrected chi connectivity index (χ4v) is 3.73. The fraction of sp³-hybridized carbons (Fsp3) is 0.286. The SMILES string of the molecule is CNC(=O)[C@H]1C[C@H](NC(=O)c2ccncc2)[C@H](c2nc(-c3ccccc3)no2)C1. The van der Waals surface area contributed by atoms with Crippen molar-refractivity contribution in [3.05, 3.63) is 66.3 Å². The Hall–Kier alpha value is -3.55. The summed E-state index contributed by atoms with van der Waals surface area (Å²) in [6, 6.07) is 12.5. The summed E-state index contributed by atoms with van der Waals surface area (Å²) in [6.07, 6.45) is 4.17. The number of hydrogen-bond acceptors (Lipinski definition) is 6. The summed E-state index contributed by atoms with van der Waals surface area (Å²) >= 11 is 0. The molecule has 1 aliphatic carbocycles. The van der Waals surface area contributed by atoms with Crippen molar-refractivity contribution >= 4 is 11.8 Å². The van der Waals surface area contributed by atoms with Crippen molar-refractivity contribution in [1.29, 1.82) is 0 Å². The summed E-state index contributed by atoms with van der Waals surface area (Å²) in [6.45, 7) is 0. The quantitative estimate of drug-likeness (QED) is 0.690. The van der Waals surface area contributed by atoms with Crippen LogP contribution >= 0.6 is 0 Å². The number of carbonyl (C=O) groups is 2. The van der Waals surface area contributed by atoms with Gasteiger partial charge in [-0.25, -0.2) is 0 Å². The lowest BCUT2D eigenvalue weighted by Gasteiger charge is -2.17. The molecular formula is C21H21N5O3. The van der Waals surface area contributed by atoms with Crippen molar-refractivity contribution in [3.63, 3.8) is 0 Å². The molecule has 2 heterocycles. The maximum Gasteiger partial charge on any atom is 0.251 e. The number of amides is 2. The van der Waals surface area contributed by atoms with E-state index in [0.717, 1.165) is 5.56 Å². The Labute approximate surface area is 167 Å². The first-order valence-corrected chi connectivity index (χ1v) is 9.47. The second kappa shape index (κ2) is 8.22. The lowest BCUT2D eigenvalue weighted by molar-refractivity contribution is -0.124. The molecule has 3 atom stereocenters. The summed E-state index contributed by atoms with van der Waals surface area (Å²) in [5.41, 5.74) is 1.36. The lowest BCUT2D eigenvalue weighted by atomic mass is 10.0. The second-order valence-electron chi connectivity index (χ2n) is 7.03. The van der Waals surface area contributed by atoms with Gasteiger partial charge in [-0.05, 0) is 25.0 Å². The molecule has 0 radical (unpaired) electrons. The van der Waals surface area contributed by atoms with Crippen LogP contribution in [0.15, 0.2) is 59.4 Å². The molecule has 8 heteroatoms. The van der Waals surface area contributed by atoms with Crippen LogP contribution in [0.4, 0.5) is 0 Å². The minimum absolute atomic E-state index is 0.0570. The minimum Gasteiger partial charge on any atom is -0.359 e. The second-order valence-corrected chi connectivity index (χ2v) is 7.03. The van der Waals surface area contributed by atoms with Crippen LogP contribution in [0.2, 0.25) is 0 Å². The minimum atomic E-state index is -0.290. The molecule has 0 saturated heterocycles. The van der Waals surface area contributed by atoms with E-state index in [1.807, 2.05) is 30.3 Å². The summed E-state index contributed by atoms with van der Waals surface area (Å²) in [4.78, 5) is 33.3. The van der Waals surface area contributed by atoms with E-state index in [1.165, 1.54) is 0 Å². The van der Waals surface area contributed by atoms with Gasteiger partial charge in [0.15, 0.2) is 0 Å². The van der Waals surface area contributed by atoms with E-state index in [9.17, 15) is 9.59 Å². The van der Waals surface area contributed by atoms with Crippen molar-refractivity contribution in [2.24, 2.45) is 5.92 Å². The van der Waals surface area contributed by atoms with Crippen molar-refractivity contribution in [1.82, 2.24) is 25.8 Å². The third-order valence-electron chi connectivity index (χ3n) is 5.23. The average Bonchev–Trinajstić information content (AvgIpc) is 3.42. The Bertz CT molecular complexity index is 990. The standard InChI is InChI=1S/C21H21N5O3/c1-22-19(27)15-11-16(17(12-15)24-20(28)14-7-9-23-10-8-14)21-25-18(26-29-21)13-5-3-2-4-6-13/h2-10,15-17H,11-12H2,1H3,(H,22,27)(H,24,28)/t15-,16-,17+/m1/s1. The molecule has 1 saturated carbocycles. The van der Waals surface area contributed by atoms with Crippen LogP contribution in [0.3, 0.4) is 0 Å². The summed E-state index contributed by atoms with van der Waals surface area (Å²) in [7, 11) is 1.61. The molecule has 4 rings (SSSR count). The van der Waals surface area contributed by atoms with Crippen LogP contribution in [0.5, 0.6) is 0 Å². The Balaban J connectivity index is 1.58. The van der Waals surface area contributed by atoms with E-state index in [2.05, 4.69) is 25.8 Å². The number of nitrogens with zero attached hydrogens (tertiary/aromatic N) is 3. The smallest absolute Gasteiger partial charge is 0.251 e. The summed E-state index contributed by atoms with van der Waals surface area (Å²) in [5, 5.41) is 9.80. The molecule has 29 heavy (non-hydrogen) atoms. The van der Waals surface area contributed by atoms with Gasteiger partial charge in [0, 0.05) is 42.5 Å². The number of aromatic nitrogens is 3. The molecule has 0 bridgehead atoms. The van der Waals surface area contributed by atoms with E-state index in [-0.39, 0.29) is 29.7 Å². The number of carbonyl (C=O) groups excluding carboxylic acids is 2. The molecule has 3 aromatic rings. The zero-order valence-corrected chi connectivity index (χ0v) is 15.9. The van der Waals surface area contributed by atoms with Crippen LogP contribution in [0, 0.1) is 5.92 Å².